The zero-order valence-electron chi connectivity index (χ0n) is 22.2. The zero-order valence-corrected chi connectivity index (χ0v) is 22.2. The van der Waals surface area contributed by atoms with Crippen molar-refractivity contribution in [2.75, 3.05) is 13.1 Å². The topological polar surface area (TPSA) is 101 Å². The van der Waals surface area contributed by atoms with Crippen LogP contribution in [0.3, 0.4) is 0 Å². The molecule has 5 aromatic rings. The van der Waals surface area contributed by atoms with E-state index in [2.05, 4.69) is 44.3 Å². The molecule has 2 aliphatic heterocycles. The molecule has 39 heavy (non-hydrogen) atoms. The monoisotopic (exact) mass is 518 g/mol. The highest BCUT2D eigenvalue weighted by Crippen LogP contribution is 2.53. The van der Waals surface area contributed by atoms with Gasteiger partial charge in [-0.05, 0) is 43.4 Å². The van der Waals surface area contributed by atoms with Gasteiger partial charge in [0, 0.05) is 78.1 Å². The number of pyridine rings is 1. The van der Waals surface area contributed by atoms with Crippen LogP contribution in [0.2, 0.25) is 0 Å². The highest BCUT2D eigenvalue weighted by molar-refractivity contribution is 6.06. The Kier molecular flexibility index (Phi) is 4.71. The van der Waals surface area contributed by atoms with Gasteiger partial charge in [0.2, 0.25) is 0 Å². The van der Waals surface area contributed by atoms with E-state index in [-0.39, 0.29) is 11.1 Å². The number of rotatable bonds is 4. The van der Waals surface area contributed by atoms with Crippen LogP contribution in [0.25, 0.3) is 44.3 Å². The van der Waals surface area contributed by atoms with E-state index in [1.54, 1.807) is 0 Å². The predicted molar refractivity (Wildman–Crippen MR) is 147 cm³/mol. The van der Waals surface area contributed by atoms with Gasteiger partial charge in [-0.3, -0.25) is 14.3 Å². The van der Waals surface area contributed by atoms with E-state index in [0.29, 0.717) is 13.0 Å². The third-order valence-corrected chi connectivity index (χ3v) is 9.37. The van der Waals surface area contributed by atoms with Gasteiger partial charge in [-0.25, -0.2) is 4.98 Å². The smallest absolute Gasteiger partial charge is 0.138 e. The lowest BCUT2D eigenvalue weighted by molar-refractivity contribution is -0.0855. The van der Waals surface area contributed by atoms with Crippen molar-refractivity contribution < 1.29 is 4.74 Å². The number of benzene rings is 1. The number of hydrogen-bond acceptors (Lipinski definition) is 6. The number of H-pyrrole nitrogens is 1. The summed E-state index contributed by atoms with van der Waals surface area (Å²) in [6.45, 7) is 2.47. The summed E-state index contributed by atoms with van der Waals surface area (Å²) < 4.78 is 10.5. The van der Waals surface area contributed by atoms with E-state index in [1.807, 2.05) is 48.2 Å². The van der Waals surface area contributed by atoms with E-state index < -0.39 is 0 Å². The molecule has 1 saturated heterocycles. The molecule has 1 spiro atoms. The summed E-state index contributed by atoms with van der Waals surface area (Å²) in [5.74, 6) is 0. The summed E-state index contributed by atoms with van der Waals surface area (Å²) in [6.07, 6.45) is 12.6. The van der Waals surface area contributed by atoms with E-state index in [1.165, 1.54) is 11.1 Å². The average Bonchev–Trinajstić information content (AvgIpc) is 3.25. The first-order chi connectivity index (χ1) is 19.0. The van der Waals surface area contributed by atoms with Crippen LogP contribution in [0.1, 0.15) is 43.2 Å². The fourth-order valence-electron chi connectivity index (χ4n) is 7.12. The summed E-state index contributed by atoms with van der Waals surface area (Å²) in [5, 5.41) is 20.6. The quantitative estimate of drug-likeness (QED) is 0.367. The third kappa shape index (κ3) is 3.28. The Morgan fingerprint density at radius 1 is 1.05 bits per heavy atom. The molecule has 4 aromatic heterocycles. The molecule has 0 amide bonds. The van der Waals surface area contributed by atoms with Crippen LogP contribution in [0.15, 0.2) is 43.0 Å². The number of nitrogens with one attached hydrogen (secondary N) is 1. The number of ether oxygens (including phenoxy) is 1. The Morgan fingerprint density at radius 2 is 1.90 bits per heavy atom. The summed E-state index contributed by atoms with van der Waals surface area (Å²) in [4.78, 5) is 11.1. The molecule has 0 radical (unpaired) electrons. The lowest BCUT2D eigenvalue weighted by Crippen LogP contribution is -2.48. The average molecular weight is 519 g/mol. The lowest BCUT2D eigenvalue weighted by Gasteiger charge is -2.42. The standard InChI is InChI=1S/C30H30N8O/c1-36-17-21(16-33-36)27-24(19-3-4-23-20(13-19)15-34-37(23)2)25-26-22(14-32-28(25)35-27)18-39-30(26)8-11-38(12-9-30)29(5-6-29)7-10-31/h3-4,13-17H,5-9,11-12,18H2,1-2H3,(H,32,35). The molecule has 0 bridgehead atoms. The minimum atomic E-state index is -0.350. The second kappa shape index (κ2) is 8.01. The molecule has 6 heterocycles. The van der Waals surface area contributed by atoms with Crippen molar-refractivity contribution >= 4 is 21.9 Å². The van der Waals surface area contributed by atoms with E-state index in [9.17, 15) is 5.26 Å². The van der Waals surface area contributed by atoms with Gasteiger partial charge in [0.25, 0.3) is 0 Å². The number of likely N-dealkylation sites (tertiary alicyclic amines) is 1. The number of aromatic amines is 1. The predicted octanol–water partition coefficient (Wildman–Crippen LogP) is 4.78. The highest BCUT2D eigenvalue weighted by Gasteiger charge is 2.52. The van der Waals surface area contributed by atoms with E-state index >= 15 is 0 Å². The number of aryl methyl sites for hydroxylation is 2. The van der Waals surface area contributed by atoms with Crippen molar-refractivity contribution in [1.29, 1.82) is 5.26 Å². The largest absolute Gasteiger partial charge is 0.365 e. The van der Waals surface area contributed by atoms with Crippen LogP contribution >= 0.6 is 0 Å². The Bertz CT molecular complexity index is 1810. The number of aromatic nitrogens is 6. The molecule has 3 aliphatic rings. The van der Waals surface area contributed by atoms with Crippen LogP contribution in [-0.2, 0) is 31.0 Å². The van der Waals surface area contributed by atoms with Gasteiger partial charge in [-0.1, -0.05) is 6.07 Å². The number of fused-ring (bicyclic) bond motifs is 5. The Balaban J connectivity index is 1.32. The first-order valence-corrected chi connectivity index (χ1v) is 13.7. The molecular formula is C30H30N8O. The second-order valence-electron chi connectivity index (χ2n) is 11.5. The fraction of sp³-hybridized carbons (Fsp3) is 0.400. The summed E-state index contributed by atoms with van der Waals surface area (Å²) >= 11 is 0. The molecule has 1 saturated carbocycles. The van der Waals surface area contributed by atoms with Crippen LogP contribution in [-0.4, -0.2) is 53.1 Å². The summed E-state index contributed by atoms with van der Waals surface area (Å²) in [5.41, 5.74) is 8.50. The third-order valence-electron chi connectivity index (χ3n) is 9.37. The van der Waals surface area contributed by atoms with Crippen molar-refractivity contribution in [3.63, 3.8) is 0 Å². The van der Waals surface area contributed by atoms with Gasteiger partial charge in [-0.2, -0.15) is 15.5 Å². The van der Waals surface area contributed by atoms with Crippen molar-refractivity contribution in [2.45, 2.75) is 49.9 Å². The lowest BCUT2D eigenvalue weighted by atomic mass is 9.80. The fourth-order valence-corrected chi connectivity index (χ4v) is 7.12. The van der Waals surface area contributed by atoms with Gasteiger partial charge < -0.3 is 9.72 Å². The number of nitrogens with zero attached hydrogens (tertiary/aromatic N) is 7. The zero-order chi connectivity index (χ0) is 26.4. The van der Waals surface area contributed by atoms with Gasteiger partial charge in [-0.15, -0.1) is 0 Å². The van der Waals surface area contributed by atoms with Crippen molar-refractivity contribution in [3.05, 3.63) is 54.1 Å². The Labute approximate surface area is 226 Å². The Hall–Kier alpha value is -4.00. The minimum absolute atomic E-state index is 0.0945. The number of nitriles is 1. The van der Waals surface area contributed by atoms with Crippen molar-refractivity contribution in [3.8, 4) is 28.5 Å². The molecule has 2 fully saturated rings. The molecule has 9 heteroatoms. The molecule has 9 nitrogen and oxygen atoms in total. The molecule has 1 N–H and O–H groups in total. The molecule has 196 valence electrons. The normalized spacial score (nSPS) is 19.6. The van der Waals surface area contributed by atoms with Gasteiger partial charge >= 0.3 is 0 Å². The maximum atomic E-state index is 9.41. The molecular weight excluding hydrogens is 488 g/mol. The van der Waals surface area contributed by atoms with Gasteiger partial charge in [0.1, 0.15) is 5.65 Å². The molecule has 1 aromatic carbocycles. The summed E-state index contributed by atoms with van der Waals surface area (Å²) in [7, 11) is 3.92. The molecule has 8 rings (SSSR count). The van der Waals surface area contributed by atoms with E-state index in [0.717, 1.165) is 83.1 Å². The molecule has 1 aliphatic carbocycles. The Morgan fingerprint density at radius 3 is 2.64 bits per heavy atom. The molecule has 0 unspecified atom stereocenters. The second-order valence-corrected chi connectivity index (χ2v) is 11.5. The molecule has 0 atom stereocenters. The van der Waals surface area contributed by atoms with Gasteiger partial charge in [0.05, 0.1) is 48.3 Å². The van der Waals surface area contributed by atoms with Crippen LogP contribution in [0, 0.1) is 11.3 Å². The van der Waals surface area contributed by atoms with Crippen LogP contribution in [0.4, 0.5) is 0 Å². The summed E-state index contributed by atoms with van der Waals surface area (Å²) in [6, 6.07) is 9.00. The van der Waals surface area contributed by atoms with Gasteiger partial charge in [0.15, 0.2) is 0 Å². The number of hydrogen-bond donors (Lipinski definition) is 1. The van der Waals surface area contributed by atoms with Crippen molar-refractivity contribution in [2.24, 2.45) is 14.1 Å². The van der Waals surface area contributed by atoms with Crippen LogP contribution in [0.5, 0.6) is 0 Å². The van der Waals surface area contributed by atoms with Crippen LogP contribution < -0.4 is 0 Å². The minimum Gasteiger partial charge on any atom is -0.365 e. The first kappa shape index (κ1) is 22.9. The highest BCUT2D eigenvalue weighted by atomic mass is 16.5. The van der Waals surface area contributed by atoms with E-state index in [4.69, 9.17) is 9.72 Å². The maximum Gasteiger partial charge on any atom is 0.138 e. The maximum absolute atomic E-state index is 9.41. The van der Waals surface area contributed by atoms with Crippen molar-refractivity contribution in [1.82, 2.24) is 34.4 Å². The SMILES string of the molecule is Cn1cc(-c2[nH]c3ncc4c(c3c2-c2ccc3c(cnn3C)c2)C2(CCN(C3(CC#N)CC3)CC2)OC4)cn1. The number of piperidine rings is 1. The first-order valence-electron chi connectivity index (χ1n) is 13.7.